The fourth-order valence-electron chi connectivity index (χ4n) is 3.03. The van der Waals surface area contributed by atoms with Crippen LogP contribution in [0.3, 0.4) is 0 Å². The molecule has 104 valence electrons. The number of amides is 2. The van der Waals surface area contributed by atoms with Crippen LogP contribution in [0.2, 0.25) is 0 Å². The molecule has 3 rings (SSSR count). The average molecular weight is 253 g/mol. The van der Waals surface area contributed by atoms with E-state index in [0.29, 0.717) is 12.0 Å². The predicted octanol–water partition coefficient (Wildman–Crippen LogP) is 1.96. The van der Waals surface area contributed by atoms with Gasteiger partial charge in [0.05, 0.1) is 0 Å². The van der Waals surface area contributed by atoms with Gasteiger partial charge in [0.2, 0.25) is 0 Å². The molecule has 3 heterocycles. The van der Waals surface area contributed by atoms with E-state index in [2.05, 4.69) is 22.5 Å². The van der Waals surface area contributed by atoms with E-state index in [1.54, 1.807) is 0 Å². The number of hydrogen-bond donors (Lipinski definition) is 2. The highest BCUT2D eigenvalue weighted by Gasteiger charge is 2.33. The van der Waals surface area contributed by atoms with Gasteiger partial charge in [-0.25, -0.2) is 4.79 Å². The molecule has 0 saturated carbocycles. The zero-order valence-electron chi connectivity index (χ0n) is 11.6. The molecule has 0 aromatic heterocycles. The van der Waals surface area contributed by atoms with Crippen molar-refractivity contribution in [3.8, 4) is 0 Å². The zero-order valence-corrected chi connectivity index (χ0v) is 11.6. The van der Waals surface area contributed by atoms with Crippen LogP contribution in [0.1, 0.15) is 45.4 Å². The average Bonchev–Trinajstić information content (AvgIpc) is 2.73. The Balaban J connectivity index is 1.71. The summed E-state index contributed by atoms with van der Waals surface area (Å²) < 4.78 is 0. The van der Waals surface area contributed by atoms with Gasteiger partial charge in [-0.15, -0.1) is 0 Å². The van der Waals surface area contributed by atoms with Gasteiger partial charge in [-0.3, -0.25) is 0 Å². The molecule has 0 unspecified atom stereocenters. The Morgan fingerprint density at radius 1 is 1.28 bits per heavy atom. The smallest absolute Gasteiger partial charge is 0.317 e. The van der Waals surface area contributed by atoms with Gasteiger partial charge in [0.25, 0.3) is 0 Å². The molecular formula is C14H27N3O. The molecule has 2 bridgehead atoms. The van der Waals surface area contributed by atoms with Crippen LogP contribution in [-0.4, -0.2) is 43.2 Å². The number of nitrogens with zero attached hydrogens (tertiary/aromatic N) is 1. The summed E-state index contributed by atoms with van der Waals surface area (Å²) in [7, 11) is 0. The summed E-state index contributed by atoms with van der Waals surface area (Å²) in [5.74, 6) is 0.662. The van der Waals surface area contributed by atoms with E-state index in [0.717, 1.165) is 32.6 Å². The lowest BCUT2D eigenvalue weighted by Gasteiger charge is -2.36. The van der Waals surface area contributed by atoms with Crippen LogP contribution < -0.4 is 10.6 Å². The fourth-order valence-corrected chi connectivity index (χ4v) is 3.03. The van der Waals surface area contributed by atoms with Gasteiger partial charge in [0.15, 0.2) is 0 Å². The highest BCUT2D eigenvalue weighted by atomic mass is 16.2. The number of piperidine rings is 1. The van der Waals surface area contributed by atoms with E-state index in [4.69, 9.17) is 0 Å². The van der Waals surface area contributed by atoms with Crippen LogP contribution in [0.25, 0.3) is 0 Å². The van der Waals surface area contributed by atoms with Crippen molar-refractivity contribution >= 4 is 6.03 Å². The van der Waals surface area contributed by atoms with Gasteiger partial charge in [-0.1, -0.05) is 26.2 Å². The molecule has 3 fully saturated rings. The van der Waals surface area contributed by atoms with Gasteiger partial charge in [0.1, 0.15) is 0 Å². The number of nitrogens with one attached hydrogen (secondary N) is 2. The van der Waals surface area contributed by atoms with Crippen molar-refractivity contribution in [1.82, 2.24) is 15.5 Å². The Morgan fingerprint density at radius 2 is 2.17 bits per heavy atom. The molecule has 0 aromatic carbocycles. The van der Waals surface area contributed by atoms with Crippen molar-refractivity contribution in [1.29, 1.82) is 0 Å². The molecule has 0 aromatic rings. The first kappa shape index (κ1) is 13.7. The zero-order chi connectivity index (χ0) is 12.8. The number of carbonyl (C=O) groups is 1. The Morgan fingerprint density at radius 3 is 3.00 bits per heavy atom. The molecule has 3 aliphatic heterocycles. The number of urea groups is 1. The monoisotopic (exact) mass is 253 g/mol. The van der Waals surface area contributed by atoms with Crippen LogP contribution >= 0.6 is 0 Å². The standard InChI is InChI=1S/C14H27N3O/c1-2-3-4-5-8-16-14(18)17-11-12-6-7-13(17)10-15-9-12/h12-13,15H,2-11H2,1H3,(H,16,18)/t12-,13+/m1/s1. The van der Waals surface area contributed by atoms with E-state index in [9.17, 15) is 4.79 Å². The molecule has 0 aliphatic carbocycles. The molecule has 2 amide bonds. The van der Waals surface area contributed by atoms with Crippen LogP contribution in [0.5, 0.6) is 0 Å². The second-order valence-electron chi connectivity index (χ2n) is 5.70. The molecule has 2 atom stereocenters. The van der Waals surface area contributed by atoms with Crippen molar-refractivity contribution in [3.05, 3.63) is 0 Å². The van der Waals surface area contributed by atoms with Gasteiger partial charge in [0, 0.05) is 25.7 Å². The first-order valence-corrected chi connectivity index (χ1v) is 7.56. The number of rotatable bonds is 5. The molecule has 4 heteroatoms. The second-order valence-corrected chi connectivity index (χ2v) is 5.70. The summed E-state index contributed by atoms with van der Waals surface area (Å²) in [5.41, 5.74) is 0. The van der Waals surface area contributed by atoms with E-state index in [-0.39, 0.29) is 6.03 Å². The van der Waals surface area contributed by atoms with Gasteiger partial charge in [-0.05, 0) is 31.7 Å². The van der Waals surface area contributed by atoms with Crippen molar-refractivity contribution in [2.45, 2.75) is 51.5 Å². The maximum Gasteiger partial charge on any atom is 0.317 e. The molecule has 0 spiro atoms. The maximum absolute atomic E-state index is 12.2. The molecule has 4 nitrogen and oxygen atoms in total. The number of hydrogen-bond acceptors (Lipinski definition) is 2. The summed E-state index contributed by atoms with van der Waals surface area (Å²) >= 11 is 0. The van der Waals surface area contributed by atoms with Crippen LogP contribution in [-0.2, 0) is 0 Å². The highest BCUT2D eigenvalue weighted by Crippen LogP contribution is 2.24. The van der Waals surface area contributed by atoms with E-state index < -0.39 is 0 Å². The predicted molar refractivity (Wildman–Crippen MR) is 73.6 cm³/mol. The summed E-state index contributed by atoms with van der Waals surface area (Å²) in [5, 5.41) is 6.54. The SMILES string of the molecule is CCCCCCNC(=O)N1C[C@@H]2CC[C@H]1CNC2. The summed E-state index contributed by atoms with van der Waals surface area (Å²) in [6, 6.07) is 0.573. The first-order valence-electron chi connectivity index (χ1n) is 7.56. The largest absolute Gasteiger partial charge is 0.338 e. The third-order valence-electron chi connectivity index (χ3n) is 4.18. The Kier molecular flexibility index (Phi) is 5.29. The number of unbranched alkanes of at least 4 members (excludes halogenated alkanes) is 3. The number of fused-ring (bicyclic) bond motifs is 4. The lowest BCUT2D eigenvalue weighted by atomic mass is 9.95. The molecule has 18 heavy (non-hydrogen) atoms. The number of carbonyl (C=O) groups excluding carboxylic acids is 1. The summed E-state index contributed by atoms with van der Waals surface area (Å²) in [4.78, 5) is 14.2. The van der Waals surface area contributed by atoms with Crippen molar-refractivity contribution in [3.63, 3.8) is 0 Å². The third-order valence-corrected chi connectivity index (χ3v) is 4.18. The lowest BCUT2D eigenvalue weighted by molar-refractivity contribution is 0.142. The van der Waals surface area contributed by atoms with Crippen molar-refractivity contribution in [2.75, 3.05) is 26.2 Å². The molecule has 2 N–H and O–H groups in total. The van der Waals surface area contributed by atoms with Crippen LogP contribution in [0, 0.1) is 5.92 Å². The molecule has 0 radical (unpaired) electrons. The third kappa shape index (κ3) is 3.61. The van der Waals surface area contributed by atoms with Gasteiger partial charge < -0.3 is 15.5 Å². The topological polar surface area (TPSA) is 44.4 Å². The summed E-state index contributed by atoms with van der Waals surface area (Å²) in [6.07, 6.45) is 7.30. The van der Waals surface area contributed by atoms with E-state index in [1.807, 2.05) is 0 Å². The minimum atomic E-state index is 0.157. The Labute approximate surface area is 110 Å². The first-order chi connectivity index (χ1) is 8.81. The van der Waals surface area contributed by atoms with Gasteiger partial charge in [-0.2, -0.15) is 0 Å². The second kappa shape index (κ2) is 6.98. The summed E-state index contributed by atoms with van der Waals surface area (Å²) in [6.45, 7) is 6.04. The molecular weight excluding hydrogens is 226 g/mol. The molecule has 3 aliphatic rings. The Hall–Kier alpha value is -0.770. The molecule has 3 saturated heterocycles. The normalized spacial score (nSPS) is 27.1. The van der Waals surface area contributed by atoms with Crippen molar-refractivity contribution < 1.29 is 4.79 Å². The van der Waals surface area contributed by atoms with Crippen molar-refractivity contribution in [2.24, 2.45) is 5.92 Å². The quantitative estimate of drug-likeness (QED) is 0.736. The van der Waals surface area contributed by atoms with Crippen LogP contribution in [0.15, 0.2) is 0 Å². The van der Waals surface area contributed by atoms with Crippen LogP contribution in [0.4, 0.5) is 4.79 Å². The highest BCUT2D eigenvalue weighted by molar-refractivity contribution is 5.74. The fraction of sp³-hybridized carbons (Fsp3) is 0.929. The van der Waals surface area contributed by atoms with E-state index >= 15 is 0 Å². The maximum atomic E-state index is 12.2. The van der Waals surface area contributed by atoms with Gasteiger partial charge >= 0.3 is 6.03 Å². The minimum absolute atomic E-state index is 0.157. The lowest BCUT2D eigenvalue weighted by Crippen LogP contribution is -2.51. The Bertz CT molecular complexity index is 266. The minimum Gasteiger partial charge on any atom is -0.338 e. The van der Waals surface area contributed by atoms with E-state index in [1.165, 1.54) is 32.1 Å².